The van der Waals surface area contributed by atoms with Crippen molar-refractivity contribution in [3.63, 3.8) is 0 Å². The Morgan fingerprint density at radius 2 is 0.688 bits per heavy atom. The fraction of sp³-hybridized carbons (Fsp3) is 0.532. The molecular formula is C77H138O19. The van der Waals surface area contributed by atoms with Gasteiger partial charge in [0.15, 0.2) is 0 Å². The monoisotopic (exact) mass is 1370 g/mol. The number of ether oxygens (including phenoxy) is 1. The lowest BCUT2D eigenvalue weighted by Gasteiger charge is -2.27. The van der Waals surface area contributed by atoms with E-state index in [0.29, 0.717) is 23.7 Å². The van der Waals surface area contributed by atoms with E-state index >= 15 is 0 Å². The van der Waals surface area contributed by atoms with Gasteiger partial charge in [-0.1, -0.05) is 250 Å². The topological polar surface area (TPSA) is 373 Å². The van der Waals surface area contributed by atoms with Gasteiger partial charge in [-0.3, -0.25) is 63.1 Å². The first-order valence-corrected chi connectivity index (χ1v) is 32.2. The molecule has 0 saturated heterocycles. The summed E-state index contributed by atoms with van der Waals surface area (Å²) in [7, 11) is 7.69. The molecule has 6 aromatic rings. The van der Waals surface area contributed by atoms with Crippen LogP contribution in [0.2, 0.25) is 0 Å². The number of rotatable bonds is 10. The second kappa shape index (κ2) is 80.1. The molecule has 0 amide bonds. The van der Waals surface area contributed by atoms with E-state index in [1.165, 1.54) is 83.9 Å². The number of aliphatic hydroxyl groups excluding tert-OH is 6. The second-order valence-electron chi connectivity index (χ2n) is 22.7. The van der Waals surface area contributed by atoms with Crippen LogP contribution in [-0.4, -0.2) is 143 Å². The normalized spacial score (nSPS) is 14.3. The number of hydrogen-bond acceptors (Lipinski definition) is 19. The molecule has 0 radical (unpaired) electrons. The molecule has 2 aliphatic carbocycles. The van der Waals surface area contributed by atoms with E-state index in [-0.39, 0.29) is 5.41 Å². The Hall–Kier alpha value is -5.60. The number of aliphatic hydroxyl groups is 6. The van der Waals surface area contributed by atoms with Crippen LogP contribution >= 0.6 is 0 Å². The molecule has 560 valence electrons. The molecule has 0 bridgehead atoms. The molecule has 18 N–H and O–H groups in total. The van der Waals surface area contributed by atoms with Crippen molar-refractivity contribution in [3.8, 4) is 5.75 Å². The first-order valence-electron chi connectivity index (χ1n) is 32.2. The molecule has 0 aromatic heterocycles. The van der Waals surface area contributed by atoms with Crippen LogP contribution in [0.4, 0.5) is 0 Å². The van der Waals surface area contributed by atoms with Crippen LogP contribution in [0.5, 0.6) is 5.75 Å². The maximum Gasteiger partial charge on any atom is 0.118 e. The van der Waals surface area contributed by atoms with Crippen LogP contribution in [0.1, 0.15) is 227 Å². The summed E-state index contributed by atoms with van der Waals surface area (Å²) in [6.45, 7) is 38.5. The minimum absolute atomic E-state index is 0.267. The second-order valence-corrected chi connectivity index (χ2v) is 22.7. The Morgan fingerprint density at radius 1 is 0.375 bits per heavy atom. The summed E-state index contributed by atoms with van der Waals surface area (Å²) in [5, 5.41) is 114. The minimum Gasteiger partial charge on any atom is -0.497 e. The van der Waals surface area contributed by atoms with Crippen LogP contribution in [0.3, 0.4) is 0 Å². The Bertz CT molecular complexity index is 2410. The molecule has 2 aliphatic rings. The third-order valence-corrected chi connectivity index (χ3v) is 16.1. The first-order chi connectivity index (χ1) is 46.3. The number of hydrogen-bond donors (Lipinski definition) is 18. The van der Waals surface area contributed by atoms with Crippen molar-refractivity contribution in [1.29, 1.82) is 0 Å². The van der Waals surface area contributed by atoms with Gasteiger partial charge in [0.2, 0.25) is 0 Å². The zero-order chi connectivity index (χ0) is 77.4. The van der Waals surface area contributed by atoms with E-state index < -0.39 is 0 Å². The summed E-state index contributed by atoms with van der Waals surface area (Å²) >= 11 is 0. The summed E-state index contributed by atoms with van der Waals surface area (Å²) in [5.74, 6) is 7.00. The van der Waals surface area contributed by atoms with Crippen LogP contribution < -0.4 is 4.74 Å². The van der Waals surface area contributed by atoms with E-state index in [1.807, 2.05) is 12.1 Å². The average molecular weight is 1370 g/mol. The van der Waals surface area contributed by atoms with E-state index in [4.69, 9.17) is 98.5 Å². The quantitative estimate of drug-likeness (QED) is 0.0447. The zero-order valence-corrected chi connectivity index (χ0v) is 63.1. The van der Waals surface area contributed by atoms with E-state index in [2.05, 4.69) is 251 Å². The lowest BCUT2D eigenvalue weighted by molar-refractivity contribution is -0.176. The summed E-state index contributed by atoms with van der Waals surface area (Å²) in [6, 6.07) is 52.7. The van der Waals surface area contributed by atoms with Crippen molar-refractivity contribution in [3.05, 3.63) is 207 Å². The average Bonchev–Trinajstić information content (AvgIpc) is 1.54. The van der Waals surface area contributed by atoms with Gasteiger partial charge in [0.25, 0.3) is 0 Å². The molecule has 96 heavy (non-hydrogen) atoms. The molecule has 19 nitrogen and oxygen atoms in total. The highest BCUT2D eigenvalue weighted by atomic mass is 17.0. The van der Waals surface area contributed by atoms with Gasteiger partial charge in [-0.05, 0) is 179 Å². The van der Waals surface area contributed by atoms with Gasteiger partial charge >= 0.3 is 0 Å². The molecule has 6 aromatic carbocycles. The molecule has 8 unspecified atom stereocenters. The smallest absolute Gasteiger partial charge is 0.118 e. The fourth-order valence-electron chi connectivity index (χ4n) is 9.25. The number of fused-ring (bicyclic) bond motifs is 2. The predicted molar refractivity (Wildman–Crippen MR) is 400 cm³/mol. The van der Waals surface area contributed by atoms with Crippen LogP contribution in [0.15, 0.2) is 146 Å². The lowest BCUT2D eigenvalue weighted by atomic mass is 9.78. The van der Waals surface area contributed by atoms with Gasteiger partial charge in [-0.25, -0.2) is 0 Å². The van der Waals surface area contributed by atoms with Gasteiger partial charge in [-0.15, -0.1) is 0 Å². The standard InChI is InChI=1S/C14H22.C12H16.C12H18.C11H16O.C11H14.C11H16.6CH4O.6H2O2/c1-6-11(2)12-8-7-9-13(10-12)14(3,4)5;1-9-7-11-5-3-4-6-12(11)8-10(9)2;1-4-10(3)12-8-6-7-11(5-2)9-12;1-4-9(2)10-5-7-11(12-3)8-6-10;1-8-7-10-5-3-4-6-11(10)9(8)2;1-4-10(3)11-7-5-9(2)6-8-11;12*1-2/h7-11H,6H2,1-5H3;3-6,9-10H,7-8H2,1-2H3;6-10H,4-5H2,1-3H3;5-9H,4H2,1-3H3;3-6,8-9H,7H2,1-2H3;5-8,10H,4H2,1-3H3;6*2H,1H3;6*1-2H. The van der Waals surface area contributed by atoms with Crippen molar-refractivity contribution in [2.75, 3.05) is 49.8 Å². The SMILES string of the molecule is CC1Cc2ccccc2C1C.CC1Cc2ccccc2CC1C.CCC(C)c1ccc(C)cc1.CCC(C)c1ccc(OC)cc1.CCC(C)c1cccc(C(C)(C)C)c1.CCc1cccc(C(C)CC)c1.CO.CO.CO.CO.CO.CO.OO.OO.OO.OO.OO.OO. The molecule has 0 fully saturated rings. The largest absolute Gasteiger partial charge is 0.497 e. The Kier molecular flexibility index (Phi) is 93.2. The highest BCUT2D eigenvalue weighted by Crippen LogP contribution is 2.37. The lowest BCUT2D eigenvalue weighted by Crippen LogP contribution is -2.20. The summed E-state index contributed by atoms with van der Waals surface area (Å²) < 4.78 is 5.08. The Balaban J connectivity index is -0.000000109. The van der Waals surface area contributed by atoms with Crippen molar-refractivity contribution >= 4 is 0 Å². The first kappa shape index (κ1) is 112. The highest BCUT2D eigenvalue weighted by Gasteiger charge is 2.24. The molecule has 8 atom stereocenters. The van der Waals surface area contributed by atoms with Crippen molar-refractivity contribution in [2.45, 2.75) is 204 Å². The Morgan fingerprint density at radius 3 is 1.02 bits per heavy atom. The van der Waals surface area contributed by atoms with Gasteiger partial charge in [0.1, 0.15) is 5.75 Å². The number of benzene rings is 6. The van der Waals surface area contributed by atoms with Crippen molar-refractivity contribution in [1.82, 2.24) is 0 Å². The third kappa shape index (κ3) is 51.6. The molecular weight excluding hydrogens is 1230 g/mol. The van der Waals surface area contributed by atoms with Gasteiger partial charge < -0.3 is 35.4 Å². The third-order valence-electron chi connectivity index (χ3n) is 16.1. The highest BCUT2D eigenvalue weighted by molar-refractivity contribution is 5.36. The van der Waals surface area contributed by atoms with E-state index in [9.17, 15) is 0 Å². The minimum atomic E-state index is 0.267. The molecule has 19 heteroatoms. The van der Waals surface area contributed by atoms with Crippen LogP contribution in [0.25, 0.3) is 0 Å². The maximum absolute atomic E-state index is 7.00. The summed E-state index contributed by atoms with van der Waals surface area (Å²) in [5.41, 5.74) is 16.6. The molecule has 0 aliphatic heterocycles. The maximum atomic E-state index is 7.00. The van der Waals surface area contributed by atoms with Gasteiger partial charge in [-0.2, -0.15) is 0 Å². The van der Waals surface area contributed by atoms with E-state index in [0.717, 1.165) is 78.5 Å². The van der Waals surface area contributed by atoms with Crippen LogP contribution in [-0.2, 0) is 31.1 Å². The van der Waals surface area contributed by atoms with Crippen molar-refractivity contribution in [2.24, 2.45) is 17.8 Å². The van der Waals surface area contributed by atoms with Gasteiger partial charge in [0.05, 0.1) is 7.11 Å². The van der Waals surface area contributed by atoms with Crippen molar-refractivity contribution < 1.29 is 98.5 Å². The fourth-order valence-corrected chi connectivity index (χ4v) is 9.25. The summed E-state index contributed by atoms with van der Waals surface area (Å²) in [6.07, 6.45) is 9.83. The number of methoxy groups -OCH3 is 1. The predicted octanol–water partition coefficient (Wildman–Crippen LogP) is 18.8. The van der Waals surface area contributed by atoms with Crippen LogP contribution in [0, 0.1) is 24.7 Å². The van der Waals surface area contributed by atoms with Gasteiger partial charge in [0, 0.05) is 42.7 Å². The Labute approximate surface area is 580 Å². The zero-order valence-electron chi connectivity index (χ0n) is 63.1. The molecule has 0 saturated carbocycles. The molecule has 8 rings (SSSR count). The van der Waals surface area contributed by atoms with E-state index in [1.54, 1.807) is 29.4 Å². The summed E-state index contributed by atoms with van der Waals surface area (Å²) in [4.78, 5) is 0. The molecule has 0 spiro atoms. The number of aryl methyl sites for hydroxylation is 2. The molecule has 0 heterocycles.